The summed E-state index contributed by atoms with van der Waals surface area (Å²) in [5, 5.41) is 3.39. The minimum absolute atomic E-state index is 0.101. The minimum Gasteiger partial charge on any atom is -0.354 e. The van der Waals surface area contributed by atoms with E-state index in [-0.39, 0.29) is 24.8 Å². The van der Waals surface area contributed by atoms with Gasteiger partial charge in [-0.15, -0.1) is 0 Å². The van der Waals surface area contributed by atoms with E-state index in [1.165, 1.54) is 4.31 Å². The van der Waals surface area contributed by atoms with Gasteiger partial charge in [-0.1, -0.05) is 55.3 Å². The first kappa shape index (κ1) is 29.6. The fraction of sp³-hybridized carbons (Fsp3) is 0.481. The number of unbranched alkanes of at least 4 members (excludes halogenated alkanes) is 1. The SMILES string of the molecule is CCCCNC(=O)[C@@H](C)N(Cc1ccccc1C)C(=O)CCCN(c1cccc(Cl)c1C)S(C)(=O)=O. The number of carbonyl (C=O) groups excluding carboxylic acids is 2. The van der Waals surface area contributed by atoms with Gasteiger partial charge in [0.1, 0.15) is 6.04 Å². The lowest BCUT2D eigenvalue weighted by molar-refractivity contribution is -0.140. The monoisotopic (exact) mass is 535 g/mol. The highest BCUT2D eigenvalue weighted by Crippen LogP contribution is 2.28. The molecule has 0 aliphatic heterocycles. The zero-order valence-corrected chi connectivity index (χ0v) is 23.5. The van der Waals surface area contributed by atoms with E-state index in [1.54, 1.807) is 36.9 Å². The Bertz CT molecular complexity index is 1150. The van der Waals surface area contributed by atoms with Gasteiger partial charge < -0.3 is 10.2 Å². The average molecular weight is 536 g/mol. The summed E-state index contributed by atoms with van der Waals surface area (Å²) in [7, 11) is -3.59. The van der Waals surface area contributed by atoms with Crippen molar-refractivity contribution in [3.05, 3.63) is 64.2 Å². The second-order valence-electron chi connectivity index (χ2n) is 9.09. The maximum atomic E-state index is 13.4. The molecule has 0 aliphatic rings. The topological polar surface area (TPSA) is 86.8 Å². The molecular weight excluding hydrogens is 498 g/mol. The number of hydrogen-bond acceptors (Lipinski definition) is 4. The zero-order chi connectivity index (χ0) is 26.9. The summed E-state index contributed by atoms with van der Waals surface area (Å²) in [6.45, 7) is 8.52. The largest absolute Gasteiger partial charge is 0.354 e. The Hall–Kier alpha value is -2.58. The second-order valence-corrected chi connectivity index (χ2v) is 11.4. The van der Waals surface area contributed by atoms with Crippen LogP contribution in [0.1, 0.15) is 56.2 Å². The summed E-state index contributed by atoms with van der Waals surface area (Å²) >= 11 is 6.21. The van der Waals surface area contributed by atoms with Crippen molar-refractivity contribution in [2.24, 2.45) is 0 Å². The van der Waals surface area contributed by atoms with E-state index in [9.17, 15) is 18.0 Å². The number of hydrogen-bond donors (Lipinski definition) is 1. The number of anilines is 1. The molecule has 9 heteroatoms. The van der Waals surface area contributed by atoms with Crippen LogP contribution < -0.4 is 9.62 Å². The quantitative estimate of drug-likeness (QED) is 0.372. The zero-order valence-electron chi connectivity index (χ0n) is 21.9. The van der Waals surface area contributed by atoms with Gasteiger partial charge >= 0.3 is 0 Å². The Labute approximate surface area is 220 Å². The Morgan fingerprint density at radius 3 is 2.39 bits per heavy atom. The molecule has 0 fully saturated rings. The molecule has 0 aromatic heterocycles. The maximum Gasteiger partial charge on any atom is 0.242 e. The Kier molecular flexibility index (Phi) is 11.2. The van der Waals surface area contributed by atoms with Crippen LogP contribution >= 0.6 is 11.6 Å². The van der Waals surface area contributed by atoms with Crippen LogP contribution in [0.15, 0.2) is 42.5 Å². The van der Waals surface area contributed by atoms with Crippen molar-refractivity contribution in [2.75, 3.05) is 23.7 Å². The van der Waals surface area contributed by atoms with Gasteiger partial charge in [-0.05, 0) is 62.4 Å². The Balaban J connectivity index is 2.19. The number of nitrogens with one attached hydrogen (secondary N) is 1. The first-order valence-electron chi connectivity index (χ1n) is 12.3. The highest BCUT2D eigenvalue weighted by Gasteiger charge is 2.27. The molecule has 7 nitrogen and oxygen atoms in total. The van der Waals surface area contributed by atoms with Crippen molar-refractivity contribution in [2.45, 2.75) is 66.0 Å². The van der Waals surface area contributed by atoms with Crippen LogP contribution in [0.25, 0.3) is 0 Å². The van der Waals surface area contributed by atoms with E-state index in [0.717, 1.165) is 30.2 Å². The second kappa shape index (κ2) is 13.7. The number of sulfonamides is 1. The van der Waals surface area contributed by atoms with Crippen molar-refractivity contribution >= 4 is 39.1 Å². The summed E-state index contributed by atoms with van der Waals surface area (Å²) in [6.07, 6.45) is 3.37. The number of amides is 2. The third-order valence-electron chi connectivity index (χ3n) is 6.26. The van der Waals surface area contributed by atoms with Crippen LogP contribution in [0, 0.1) is 13.8 Å². The summed E-state index contributed by atoms with van der Waals surface area (Å²) in [5.41, 5.74) is 3.16. The van der Waals surface area contributed by atoms with Gasteiger partial charge in [0, 0.05) is 31.1 Å². The third kappa shape index (κ3) is 8.23. The summed E-state index contributed by atoms with van der Waals surface area (Å²) in [5.74, 6) is -0.398. The van der Waals surface area contributed by atoms with Gasteiger partial charge in [0.25, 0.3) is 0 Å². The summed E-state index contributed by atoms with van der Waals surface area (Å²) in [6, 6.07) is 12.2. The van der Waals surface area contributed by atoms with Crippen molar-refractivity contribution in [1.29, 1.82) is 0 Å². The van der Waals surface area contributed by atoms with Crippen LogP contribution in [0.4, 0.5) is 5.69 Å². The molecule has 1 N–H and O–H groups in total. The molecule has 0 saturated heterocycles. The molecular formula is C27H38ClN3O4S. The van der Waals surface area contributed by atoms with Gasteiger partial charge in [-0.2, -0.15) is 0 Å². The van der Waals surface area contributed by atoms with E-state index in [2.05, 4.69) is 5.32 Å². The van der Waals surface area contributed by atoms with Gasteiger partial charge in [-0.25, -0.2) is 8.42 Å². The lowest BCUT2D eigenvalue weighted by Crippen LogP contribution is -2.48. The van der Waals surface area contributed by atoms with Crippen molar-refractivity contribution in [1.82, 2.24) is 10.2 Å². The van der Waals surface area contributed by atoms with Crippen LogP contribution in [0.5, 0.6) is 0 Å². The maximum absolute atomic E-state index is 13.4. The number of benzene rings is 2. The van der Waals surface area contributed by atoms with Crippen LogP contribution in [-0.4, -0.2) is 50.5 Å². The number of rotatable bonds is 13. The van der Waals surface area contributed by atoms with Gasteiger partial charge in [-0.3, -0.25) is 13.9 Å². The number of aryl methyl sites for hydroxylation is 1. The minimum atomic E-state index is -3.59. The third-order valence-corrected chi connectivity index (χ3v) is 7.85. The average Bonchev–Trinajstić information content (AvgIpc) is 2.82. The lowest BCUT2D eigenvalue weighted by atomic mass is 10.1. The molecule has 198 valence electrons. The van der Waals surface area contributed by atoms with Crippen LogP contribution in [0.2, 0.25) is 5.02 Å². The first-order chi connectivity index (χ1) is 17.0. The van der Waals surface area contributed by atoms with E-state index < -0.39 is 16.1 Å². The van der Waals surface area contributed by atoms with Gasteiger partial charge in [0.05, 0.1) is 11.9 Å². The fourth-order valence-electron chi connectivity index (χ4n) is 3.94. The number of halogens is 1. The molecule has 2 aromatic rings. The molecule has 0 spiro atoms. The van der Waals surface area contributed by atoms with Crippen molar-refractivity contribution in [3.8, 4) is 0 Å². The van der Waals surface area contributed by atoms with E-state index in [1.807, 2.05) is 38.1 Å². The van der Waals surface area contributed by atoms with Crippen molar-refractivity contribution < 1.29 is 18.0 Å². The van der Waals surface area contributed by atoms with E-state index in [4.69, 9.17) is 11.6 Å². The van der Waals surface area contributed by atoms with E-state index in [0.29, 0.717) is 35.8 Å². The molecule has 2 amide bonds. The van der Waals surface area contributed by atoms with Crippen molar-refractivity contribution in [3.63, 3.8) is 0 Å². The first-order valence-corrected chi connectivity index (χ1v) is 14.5. The molecule has 0 saturated carbocycles. The van der Waals surface area contributed by atoms with E-state index >= 15 is 0 Å². The standard InChI is InChI=1S/C27H38ClN3O4S/c1-6-7-17-29-27(33)22(4)30(19-23-13-9-8-12-20(23)2)26(32)16-11-18-31(36(5,34)35)25-15-10-14-24(28)21(25)3/h8-10,12-15,22H,6-7,11,16-19H2,1-5H3,(H,29,33)/t22-/m1/s1. The molecule has 1 atom stereocenters. The highest BCUT2D eigenvalue weighted by atomic mass is 35.5. The lowest BCUT2D eigenvalue weighted by Gasteiger charge is -2.30. The van der Waals surface area contributed by atoms with Crippen LogP contribution in [0.3, 0.4) is 0 Å². The molecule has 0 aliphatic carbocycles. The van der Waals surface area contributed by atoms with Gasteiger partial charge in [0.2, 0.25) is 21.8 Å². The summed E-state index contributed by atoms with van der Waals surface area (Å²) in [4.78, 5) is 27.8. The number of carbonyl (C=O) groups is 2. The number of nitrogens with zero attached hydrogens (tertiary/aromatic N) is 2. The molecule has 0 radical (unpaired) electrons. The highest BCUT2D eigenvalue weighted by molar-refractivity contribution is 7.92. The Morgan fingerprint density at radius 1 is 1.06 bits per heavy atom. The Morgan fingerprint density at radius 2 is 1.75 bits per heavy atom. The molecule has 2 aromatic carbocycles. The smallest absolute Gasteiger partial charge is 0.242 e. The van der Waals surface area contributed by atoms with Crippen LogP contribution in [-0.2, 0) is 26.2 Å². The molecule has 2 rings (SSSR count). The normalized spacial score (nSPS) is 12.2. The predicted octanol–water partition coefficient (Wildman–Crippen LogP) is 4.84. The van der Waals surface area contributed by atoms with Gasteiger partial charge in [0.15, 0.2) is 0 Å². The molecule has 0 bridgehead atoms. The summed E-state index contributed by atoms with van der Waals surface area (Å²) < 4.78 is 26.4. The molecule has 36 heavy (non-hydrogen) atoms. The fourth-order valence-corrected chi connectivity index (χ4v) is 5.12. The molecule has 0 unspecified atom stereocenters. The predicted molar refractivity (Wildman–Crippen MR) is 147 cm³/mol. The molecule has 0 heterocycles.